The number of sulfonamides is 1. The summed E-state index contributed by atoms with van der Waals surface area (Å²) in [5, 5.41) is 11.3. The van der Waals surface area contributed by atoms with Crippen molar-refractivity contribution in [3.05, 3.63) is 82.7 Å². The van der Waals surface area contributed by atoms with Gasteiger partial charge >= 0.3 is 0 Å². The highest BCUT2D eigenvalue weighted by molar-refractivity contribution is 8.00. The van der Waals surface area contributed by atoms with E-state index in [0.717, 1.165) is 35.4 Å². The Morgan fingerprint density at radius 1 is 1.15 bits per heavy atom. The predicted molar refractivity (Wildman–Crippen MR) is 137 cm³/mol. The average Bonchev–Trinajstić information content (AvgIpc) is 3.33. The number of nitriles is 1. The molecule has 5 nitrogen and oxygen atoms in total. The molecule has 172 valence electrons. The minimum Gasteiger partial charge on any atom is -0.314 e. The smallest absolute Gasteiger partial charge is 0.253 e. The summed E-state index contributed by atoms with van der Waals surface area (Å²) in [6, 6.07) is 21.1. The zero-order valence-corrected chi connectivity index (χ0v) is 21.0. The van der Waals surface area contributed by atoms with E-state index < -0.39 is 10.0 Å². The maximum Gasteiger partial charge on any atom is 0.253 e. The van der Waals surface area contributed by atoms with Crippen molar-refractivity contribution in [2.75, 3.05) is 16.6 Å². The first-order chi connectivity index (χ1) is 16.0. The molecule has 1 aliphatic heterocycles. The molecule has 0 saturated carbocycles. The lowest BCUT2D eigenvalue weighted by Crippen LogP contribution is -2.44. The van der Waals surface area contributed by atoms with Crippen LogP contribution >= 0.6 is 23.3 Å². The number of rotatable bonds is 8. The highest BCUT2D eigenvalue weighted by Crippen LogP contribution is 2.36. The van der Waals surface area contributed by atoms with Crippen LogP contribution in [0.5, 0.6) is 0 Å². The zero-order valence-electron chi connectivity index (χ0n) is 18.6. The third-order valence-electron chi connectivity index (χ3n) is 5.70. The molecular formula is C25H27N3O2S3. The zero-order chi connectivity index (χ0) is 23.3. The molecule has 1 atom stereocenters. The number of thiophene rings is 1. The van der Waals surface area contributed by atoms with Gasteiger partial charge < -0.3 is 4.31 Å². The van der Waals surface area contributed by atoms with Gasteiger partial charge in [-0.05, 0) is 65.6 Å². The van der Waals surface area contributed by atoms with Crippen LogP contribution in [0, 0.1) is 11.3 Å². The fraction of sp³-hybridized carbons (Fsp3) is 0.320. The van der Waals surface area contributed by atoms with Gasteiger partial charge in [0.1, 0.15) is 4.21 Å². The Morgan fingerprint density at radius 2 is 1.97 bits per heavy atom. The summed E-state index contributed by atoms with van der Waals surface area (Å²) in [6.45, 7) is 2.99. The number of hydrogen-bond donors (Lipinski definition) is 0. The molecule has 33 heavy (non-hydrogen) atoms. The molecule has 1 aromatic heterocycles. The predicted octanol–water partition coefficient (Wildman–Crippen LogP) is 5.69. The number of nitrogens with zero attached hydrogens (tertiary/aromatic N) is 3. The second kappa shape index (κ2) is 10.7. The molecule has 0 aliphatic carbocycles. The molecular weight excluding hydrogens is 470 g/mol. The number of benzene rings is 2. The van der Waals surface area contributed by atoms with Crippen LogP contribution in [-0.4, -0.2) is 31.1 Å². The van der Waals surface area contributed by atoms with Gasteiger partial charge in [-0.3, -0.25) is 0 Å². The summed E-state index contributed by atoms with van der Waals surface area (Å²) < 4.78 is 31.8. The molecule has 0 saturated heterocycles. The highest BCUT2D eigenvalue weighted by Gasteiger charge is 2.37. The van der Waals surface area contributed by atoms with E-state index >= 15 is 0 Å². The molecule has 0 radical (unpaired) electrons. The van der Waals surface area contributed by atoms with Gasteiger partial charge in [0.05, 0.1) is 17.3 Å². The number of unbranched alkanes of at least 4 members (excludes halogenated alkanes) is 1. The van der Waals surface area contributed by atoms with Crippen molar-refractivity contribution in [1.29, 1.82) is 5.26 Å². The molecule has 0 bridgehead atoms. The number of hydrogen-bond acceptors (Lipinski definition) is 6. The molecule has 2 heterocycles. The van der Waals surface area contributed by atoms with Crippen molar-refractivity contribution >= 4 is 39.0 Å². The lowest BCUT2D eigenvalue weighted by molar-refractivity contribution is 0.324. The van der Waals surface area contributed by atoms with E-state index in [0.29, 0.717) is 22.7 Å². The van der Waals surface area contributed by atoms with Crippen molar-refractivity contribution in [2.45, 2.75) is 43.0 Å². The molecule has 4 rings (SSSR count). The molecule has 0 unspecified atom stereocenters. The van der Waals surface area contributed by atoms with Crippen LogP contribution in [-0.2, 0) is 23.0 Å². The Labute approximate surface area is 204 Å². The van der Waals surface area contributed by atoms with E-state index in [-0.39, 0.29) is 12.6 Å². The minimum atomic E-state index is -3.69. The van der Waals surface area contributed by atoms with E-state index in [2.05, 4.69) is 29.4 Å². The van der Waals surface area contributed by atoms with Gasteiger partial charge in [-0.2, -0.15) is 9.57 Å². The fourth-order valence-corrected chi connectivity index (χ4v) is 7.95. The largest absolute Gasteiger partial charge is 0.314 e. The molecule has 0 amide bonds. The van der Waals surface area contributed by atoms with Crippen LogP contribution < -0.4 is 4.31 Å². The molecule has 0 N–H and O–H groups in total. The Balaban J connectivity index is 1.79. The standard InChI is InChI=1S/C25H27N3O2S3/c1-2-3-14-32-27-19-23(16-20-8-5-4-6-9-20)28(33(29,30)25-10-7-13-31-25)18-22-15-21(17-26)11-12-24(22)27/h4-13,15,23H,2-3,14,16,18-19H2,1H3/t23-/m1/s1. The third-order valence-corrected chi connectivity index (χ3v) is 10.1. The van der Waals surface area contributed by atoms with Crippen LogP contribution in [0.3, 0.4) is 0 Å². The van der Waals surface area contributed by atoms with Crippen LogP contribution in [0.15, 0.2) is 70.3 Å². The first-order valence-electron chi connectivity index (χ1n) is 11.1. The molecule has 2 aromatic carbocycles. The van der Waals surface area contributed by atoms with Crippen LogP contribution in [0.25, 0.3) is 0 Å². The van der Waals surface area contributed by atoms with Crippen molar-refractivity contribution in [1.82, 2.24) is 4.31 Å². The van der Waals surface area contributed by atoms with Gasteiger partial charge in [0.15, 0.2) is 0 Å². The van der Waals surface area contributed by atoms with Crippen LogP contribution in [0.2, 0.25) is 0 Å². The van der Waals surface area contributed by atoms with Crippen LogP contribution in [0.1, 0.15) is 36.5 Å². The van der Waals surface area contributed by atoms with Crippen molar-refractivity contribution in [2.24, 2.45) is 0 Å². The van der Waals surface area contributed by atoms with Gasteiger partial charge in [-0.1, -0.05) is 49.7 Å². The monoisotopic (exact) mass is 497 g/mol. The van der Waals surface area contributed by atoms with Gasteiger partial charge in [0.25, 0.3) is 10.0 Å². The lowest BCUT2D eigenvalue weighted by atomic mass is 10.1. The summed E-state index contributed by atoms with van der Waals surface area (Å²) in [5.74, 6) is 0.964. The maximum absolute atomic E-state index is 13.8. The SMILES string of the molecule is CCCCSN1C[C@@H](Cc2ccccc2)N(S(=O)(=O)c2cccs2)Cc2cc(C#N)ccc21. The summed E-state index contributed by atoms with van der Waals surface area (Å²) in [4.78, 5) is 0. The Bertz CT molecular complexity index is 1210. The number of fused-ring (bicyclic) bond motifs is 1. The van der Waals surface area contributed by atoms with Crippen molar-refractivity contribution in [3.63, 3.8) is 0 Å². The summed E-state index contributed by atoms with van der Waals surface area (Å²) >= 11 is 2.99. The molecule has 1 aliphatic rings. The van der Waals surface area contributed by atoms with Gasteiger partial charge in [-0.25, -0.2) is 8.42 Å². The van der Waals surface area contributed by atoms with Gasteiger partial charge in [0, 0.05) is 24.9 Å². The van der Waals surface area contributed by atoms with E-state index in [1.165, 1.54) is 11.3 Å². The van der Waals surface area contributed by atoms with E-state index in [1.807, 2.05) is 36.4 Å². The second-order valence-corrected chi connectivity index (χ2v) is 12.2. The van der Waals surface area contributed by atoms with E-state index in [1.54, 1.807) is 33.8 Å². The molecule has 0 fully saturated rings. The third kappa shape index (κ3) is 5.44. The summed E-state index contributed by atoms with van der Waals surface area (Å²) in [5.41, 5.74) is 3.52. The fourth-order valence-electron chi connectivity index (χ4n) is 4.00. The van der Waals surface area contributed by atoms with Crippen molar-refractivity contribution < 1.29 is 8.42 Å². The van der Waals surface area contributed by atoms with Crippen molar-refractivity contribution in [3.8, 4) is 6.07 Å². The summed E-state index contributed by atoms with van der Waals surface area (Å²) in [6.07, 6.45) is 2.82. The maximum atomic E-state index is 13.8. The van der Waals surface area contributed by atoms with E-state index in [4.69, 9.17) is 0 Å². The van der Waals surface area contributed by atoms with E-state index in [9.17, 15) is 13.7 Å². The Kier molecular flexibility index (Phi) is 7.76. The topological polar surface area (TPSA) is 64.4 Å². The second-order valence-electron chi connectivity index (χ2n) is 8.03. The molecule has 8 heteroatoms. The minimum absolute atomic E-state index is 0.243. The van der Waals surface area contributed by atoms with Gasteiger partial charge in [-0.15, -0.1) is 11.3 Å². The van der Waals surface area contributed by atoms with Gasteiger partial charge in [0.2, 0.25) is 0 Å². The lowest BCUT2D eigenvalue weighted by Gasteiger charge is -2.31. The first-order valence-corrected chi connectivity index (χ1v) is 14.3. The highest BCUT2D eigenvalue weighted by atomic mass is 32.2. The average molecular weight is 498 g/mol. The molecule has 0 spiro atoms. The Morgan fingerprint density at radius 3 is 2.67 bits per heavy atom. The molecule has 3 aromatic rings. The van der Waals surface area contributed by atoms with Crippen LogP contribution in [0.4, 0.5) is 5.69 Å². The summed E-state index contributed by atoms with van der Waals surface area (Å²) in [7, 11) is -3.69. The Hall–Kier alpha value is -2.31. The number of anilines is 1. The first kappa shape index (κ1) is 23.8. The normalized spacial score (nSPS) is 16.7. The quantitative estimate of drug-likeness (QED) is 0.295.